The summed E-state index contributed by atoms with van der Waals surface area (Å²) in [6.45, 7) is 0.586. The minimum atomic E-state index is -0.266. The monoisotopic (exact) mass is 341 g/mol. The van der Waals surface area contributed by atoms with Gasteiger partial charge >= 0.3 is 0 Å². The normalized spacial score (nSPS) is 33.1. The third-order valence-corrected chi connectivity index (χ3v) is 6.66. The van der Waals surface area contributed by atoms with Crippen molar-refractivity contribution in [2.45, 2.75) is 44.9 Å². The van der Waals surface area contributed by atoms with Gasteiger partial charge in [-0.15, -0.1) is 0 Å². The zero-order chi connectivity index (χ0) is 17.0. The number of hydrogen-bond donors (Lipinski definition) is 2. The molecular formula is C20H24FN3O. The largest absolute Gasteiger partial charge is 0.355 e. The van der Waals surface area contributed by atoms with Crippen LogP contribution in [0.25, 0.3) is 11.0 Å². The zero-order valence-corrected chi connectivity index (χ0v) is 14.4. The Balaban J connectivity index is 1.23. The van der Waals surface area contributed by atoms with E-state index in [1.165, 1.54) is 31.4 Å². The van der Waals surface area contributed by atoms with Gasteiger partial charge in [-0.25, -0.2) is 9.37 Å². The van der Waals surface area contributed by atoms with Gasteiger partial charge in [-0.3, -0.25) is 4.79 Å². The second-order valence-corrected chi connectivity index (χ2v) is 8.55. The number of rotatable bonds is 4. The van der Waals surface area contributed by atoms with Crippen LogP contribution in [0.2, 0.25) is 0 Å². The van der Waals surface area contributed by atoms with Crippen molar-refractivity contribution in [3.63, 3.8) is 0 Å². The average molecular weight is 341 g/mol. The molecule has 0 atom stereocenters. The number of nitrogens with one attached hydrogen (secondary N) is 2. The number of aromatic amines is 1. The zero-order valence-electron chi connectivity index (χ0n) is 14.4. The lowest BCUT2D eigenvalue weighted by Gasteiger charge is -2.55. The van der Waals surface area contributed by atoms with E-state index in [1.807, 2.05) is 0 Å². The highest BCUT2D eigenvalue weighted by atomic mass is 19.1. The molecule has 1 amide bonds. The number of fused-ring (bicyclic) bond motifs is 1. The van der Waals surface area contributed by atoms with Crippen LogP contribution >= 0.6 is 0 Å². The third kappa shape index (κ3) is 2.64. The van der Waals surface area contributed by atoms with Gasteiger partial charge in [-0.05, 0) is 74.5 Å². The molecule has 1 heterocycles. The van der Waals surface area contributed by atoms with E-state index in [0.717, 1.165) is 48.4 Å². The lowest BCUT2D eigenvalue weighted by Crippen LogP contribution is -2.53. The number of carbonyl (C=O) groups is 1. The SMILES string of the molecule is O=C(NCCc1nc2ccc(F)cc2[nH]1)C12CC3CC(CC(C3)C1)C2. The number of halogens is 1. The van der Waals surface area contributed by atoms with Crippen molar-refractivity contribution in [1.82, 2.24) is 15.3 Å². The van der Waals surface area contributed by atoms with Crippen LogP contribution in [0, 0.1) is 29.0 Å². The van der Waals surface area contributed by atoms with Crippen LogP contribution in [0.1, 0.15) is 44.3 Å². The van der Waals surface area contributed by atoms with Gasteiger partial charge in [0, 0.05) is 18.4 Å². The highest BCUT2D eigenvalue weighted by Crippen LogP contribution is 2.60. The standard InChI is InChI=1S/C20H24FN3O/c21-15-1-2-16-17(8-15)24-18(23-16)3-4-22-19(25)20-9-12-5-13(10-20)7-14(6-12)11-20/h1-2,8,12-14H,3-7,9-11H2,(H,22,25)(H,23,24). The summed E-state index contributed by atoms with van der Waals surface area (Å²) in [5, 5.41) is 3.17. The van der Waals surface area contributed by atoms with E-state index in [1.54, 1.807) is 6.07 Å². The van der Waals surface area contributed by atoms with Crippen LogP contribution in [0.5, 0.6) is 0 Å². The van der Waals surface area contributed by atoms with E-state index >= 15 is 0 Å². The fourth-order valence-electron chi connectivity index (χ4n) is 6.02. The smallest absolute Gasteiger partial charge is 0.226 e. The Kier molecular flexibility index (Phi) is 3.41. The summed E-state index contributed by atoms with van der Waals surface area (Å²) in [6.07, 6.45) is 7.97. The molecule has 0 radical (unpaired) electrons. The highest BCUT2D eigenvalue weighted by molar-refractivity contribution is 5.83. The number of carbonyl (C=O) groups excluding carboxylic acids is 1. The maximum absolute atomic E-state index is 13.3. The van der Waals surface area contributed by atoms with E-state index in [2.05, 4.69) is 15.3 Å². The fraction of sp³-hybridized carbons (Fsp3) is 0.600. The quantitative estimate of drug-likeness (QED) is 0.893. The molecule has 2 N–H and O–H groups in total. The fourth-order valence-corrected chi connectivity index (χ4v) is 6.02. The lowest BCUT2D eigenvalue weighted by atomic mass is 9.49. The lowest BCUT2D eigenvalue weighted by molar-refractivity contribution is -0.146. The molecule has 0 saturated heterocycles. The molecule has 0 spiro atoms. The molecule has 0 unspecified atom stereocenters. The molecule has 2 aromatic rings. The van der Waals surface area contributed by atoms with Gasteiger partial charge < -0.3 is 10.3 Å². The number of imidazole rings is 1. The van der Waals surface area contributed by atoms with Gasteiger partial charge in [0.15, 0.2) is 0 Å². The Labute approximate surface area is 146 Å². The van der Waals surface area contributed by atoms with Crippen molar-refractivity contribution >= 4 is 16.9 Å². The van der Waals surface area contributed by atoms with E-state index in [4.69, 9.17) is 0 Å². The van der Waals surface area contributed by atoms with Crippen LogP contribution in [0.4, 0.5) is 4.39 Å². The van der Waals surface area contributed by atoms with Crippen molar-refractivity contribution in [1.29, 1.82) is 0 Å². The van der Waals surface area contributed by atoms with Crippen molar-refractivity contribution < 1.29 is 9.18 Å². The van der Waals surface area contributed by atoms with E-state index < -0.39 is 0 Å². The predicted molar refractivity (Wildman–Crippen MR) is 93.4 cm³/mol. The summed E-state index contributed by atoms with van der Waals surface area (Å²) in [5.74, 6) is 3.13. The molecule has 4 nitrogen and oxygen atoms in total. The molecule has 132 valence electrons. The number of benzene rings is 1. The molecule has 25 heavy (non-hydrogen) atoms. The Morgan fingerprint density at radius 3 is 2.56 bits per heavy atom. The van der Waals surface area contributed by atoms with Gasteiger partial charge in [0.25, 0.3) is 0 Å². The Bertz CT molecular complexity index is 792. The minimum absolute atomic E-state index is 0.0915. The first-order valence-electron chi connectivity index (χ1n) is 9.52. The van der Waals surface area contributed by atoms with E-state index in [-0.39, 0.29) is 17.1 Å². The Hall–Kier alpha value is -1.91. The first-order chi connectivity index (χ1) is 12.1. The first-order valence-corrected chi connectivity index (χ1v) is 9.52. The van der Waals surface area contributed by atoms with Crippen LogP contribution in [-0.2, 0) is 11.2 Å². The third-order valence-electron chi connectivity index (χ3n) is 6.66. The number of aromatic nitrogens is 2. The molecule has 5 heteroatoms. The molecule has 6 rings (SSSR count). The number of amides is 1. The average Bonchev–Trinajstić information content (AvgIpc) is 2.95. The van der Waals surface area contributed by atoms with E-state index in [0.29, 0.717) is 18.5 Å². The second kappa shape index (κ2) is 5.55. The highest BCUT2D eigenvalue weighted by Gasteiger charge is 2.54. The molecule has 4 saturated carbocycles. The van der Waals surface area contributed by atoms with Crippen molar-refractivity contribution in [3.8, 4) is 0 Å². The van der Waals surface area contributed by atoms with Crippen LogP contribution in [-0.4, -0.2) is 22.4 Å². The maximum atomic E-state index is 13.3. The Morgan fingerprint density at radius 2 is 1.88 bits per heavy atom. The number of hydrogen-bond acceptors (Lipinski definition) is 2. The van der Waals surface area contributed by atoms with Crippen molar-refractivity contribution in [3.05, 3.63) is 29.8 Å². The number of H-pyrrole nitrogens is 1. The van der Waals surface area contributed by atoms with Gasteiger partial charge in [0.2, 0.25) is 5.91 Å². The van der Waals surface area contributed by atoms with Gasteiger partial charge in [0.1, 0.15) is 11.6 Å². The minimum Gasteiger partial charge on any atom is -0.355 e. The van der Waals surface area contributed by atoms with Crippen LogP contribution in [0.3, 0.4) is 0 Å². The first kappa shape index (κ1) is 15.4. The molecule has 1 aromatic heterocycles. The summed E-state index contributed by atoms with van der Waals surface area (Å²) in [5.41, 5.74) is 1.39. The maximum Gasteiger partial charge on any atom is 0.226 e. The van der Waals surface area contributed by atoms with Crippen LogP contribution < -0.4 is 5.32 Å². The van der Waals surface area contributed by atoms with E-state index in [9.17, 15) is 9.18 Å². The van der Waals surface area contributed by atoms with Gasteiger partial charge in [-0.2, -0.15) is 0 Å². The summed E-state index contributed by atoms with van der Waals surface area (Å²) < 4.78 is 13.3. The molecule has 4 bridgehead atoms. The molecule has 4 fully saturated rings. The van der Waals surface area contributed by atoms with Gasteiger partial charge in [0.05, 0.1) is 11.0 Å². The molecule has 0 aliphatic heterocycles. The Morgan fingerprint density at radius 1 is 1.20 bits per heavy atom. The summed E-state index contributed by atoms with van der Waals surface area (Å²) >= 11 is 0. The summed E-state index contributed by atoms with van der Waals surface area (Å²) in [4.78, 5) is 20.5. The molecule has 4 aliphatic carbocycles. The molecule has 4 aliphatic rings. The molecule has 1 aromatic carbocycles. The predicted octanol–water partition coefficient (Wildman–Crippen LogP) is 3.58. The number of nitrogens with zero attached hydrogens (tertiary/aromatic N) is 1. The molecular weight excluding hydrogens is 317 g/mol. The summed E-state index contributed by atoms with van der Waals surface area (Å²) in [6, 6.07) is 4.56. The van der Waals surface area contributed by atoms with Crippen molar-refractivity contribution in [2.24, 2.45) is 23.2 Å². The van der Waals surface area contributed by atoms with Gasteiger partial charge in [-0.1, -0.05) is 0 Å². The second-order valence-electron chi connectivity index (χ2n) is 8.55. The van der Waals surface area contributed by atoms with Crippen LogP contribution in [0.15, 0.2) is 18.2 Å². The topological polar surface area (TPSA) is 57.8 Å². The van der Waals surface area contributed by atoms with Crippen molar-refractivity contribution in [2.75, 3.05) is 6.54 Å². The summed E-state index contributed by atoms with van der Waals surface area (Å²) in [7, 11) is 0.